The smallest absolute Gasteiger partial charge is 0.344 e. The Kier molecular flexibility index (Phi) is 6.24. The molecule has 0 unspecified atom stereocenters. The lowest BCUT2D eigenvalue weighted by Gasteiger charge is -2.21. The topological polar surface area (TPSA) is 52.6 Å². The van der Waals surface area contributed by atoms with Gasteiger partial charge in [0.2, 0.25) is 17.4 Å². The molecule has 1 aliphatic carbocycles. The summed E-state index contributed by atoms with van der Waals surface area (Å²) >= 11 is 0. The van der Waals surface area contributed by atoms with Crippen molar-refractivity contribution in [2.75, 3.05) is 6.61 Å². The average molecular weight is 422 g/mol. The highest BCUT2D eigenvalue weighted by atomic mass is 19.2. The summed E-state index contributed by atoms with van der Waals surface area (Å²) in [5, 5.41) is 0. The van der Waals surface area contributed by atoms with Gasteiger partial charge in [-0.2, -0.15) is 8.78 Å². The molecular formula is C22H18F4O4. The number of hydrogen-bond acceptors (Lipinski definition) is 4. The lowest BCUT2D eigenvalue weighted by Crippen LogP contribution is -2.18. The Labute approximate surface area is 170 Å². The van der Waals surface area contributed by atoms with E-state index >= 15 is 0 Å². The van der Waals surface area contributed by atoms with E-state index in [9.17, 15) is 27.2 Å². The zero-order chi connectivity index (χ0) is 22.0. The number of aryl methyl sites for hydroxylation is 1. The van der Waals surface area contributed by atoms with Crippen LogP contribution in [0.3, 0.4) is 0 Å². The number of ether oxygens (including phenoxy) is 2. The molecule has 0 heterocycles. The molecule has 8 heteroatoms. The highest BCUT2D eigenvalue weighted by Gasteiger charge is 2.33. The van der Waals surface area contributed by atoms with Crippen molar-refractivity contribution in [1.29, 1.82) is 0 Å². The standard InChI is InChI=1S/C22H18F4O4/c1-3-29-22(28)16-17(23)19(25)21(20(26)18(16)24)30-14-6-4-5-13(27)15(14)12-9-7-11(2)8-10-12/h7-10H,3-6H2,1-2H3. The van der Waals surface area contributed by atoms with E-state index in [1.165, 1.54) is 6.92 Å². The first kappa shape index (κ1) is 21.5. The number of rotatable bonds is 5. The highest BCUT2D eigenvalue weighted by molar-refractivity contribution is 6.22. The van der Waals surface area contributed by atoms with Gasteiger partial charge in [0.05, 0.1) is 12.2 Å². The van der Waals surface area contributed by atoms with Crippen molar-refractivity contribution in [3.05, 3.63) is 70.0 Å². The Balaban J connectivity index is 2.12. The third-order valence-electron chi connectivity index (χ3n) is 4.63. The lowest BCUT2D eigenvalue weighted by atomic mass is 9.90. The normalized spacial score (nSPS) is 14.1. The van der Waals surface area contributed by atoms with E-state index in [2.05, 4.69) is 4.74 Å². The molecule has 0 saturated heterocycles. The maximum absolute atomic E-state index is 14.5. The quantitative estimate of drug-likeness (QED) is 0.374. The van der Waals surface area contributed by atoms with Crippen LogP contribution >= 0.6 is 0 Å². The predicted molar refractivity (Wildman–Crippen MR) is 99.8 cm³/mol. The molecule has 0 aliphatic heterocycles. The summed E-state index contributed by atoms with van der Waals surface area (Å²) < 4.78 is 67.3. The van der Waals surface area contributed by atoms with Gasteiger partial charge in [-0.05, 0) is 25.8 Å². The van der Waals surface area contributed by atoms with Crippen LogP contribution < -0.4 is 4.74 Å². The molecule has 4 nitrogen and oxygen atoms in total. The predicted octanol–water partition coefficient (Wildman–Crippen LogP) is 5.27. The fourth-order valence-corrected chi connectivity index (χ4v) is 3.17. The van der Waals surface area contributed by atoms with Crippen molar-refractivity contribution < 1.29 is 36.6 Å². The van der Waals surface area contributed by atoms with Gasteiger partial charge in [0, 0.05) is 12.8 Å². The molecule has 158 valence electrons. The lowest BCUT2D eigenvalue weighted by molar-refractivity contribution is -0.114. The van der Waals surface area contributed by atoms with Crippen molar-refractivity contribution >= 4 is 17.3 Å². The van der Waals surface area contributed by atoms with Gasteiger partial charge in [0.25, 0.3) is 0 Å². The molecule has 0 fully saturated rings. The van der Waals surface area contributed by atoms with Crippen molar-refractivity contribution in [1.82, 2.24) is 0 Å². The zero-order valence-corrected chi connectivity index (χ0v) is 16.3. The minimum Gasteiger partial charge on any atom is -0.462 e. The third kappa shape index (κ3) is 3.94. The van der Waals surface area contributed by atoms with E-state index in [4.69, 9.17) is 4.74 Å². The highest BCUT2D eigenvalue weighted by Crippen LogP contribution is 2.36. The molecule has 0 spiro atoms. The number of hydrogen-bond donors (Lipinski definition) is 0. The van der Waals surface area contributed by atoms with Crippen molar-refractivity contribution in [2.24, 2.45) is 0 Å². The number of carbonyl (C=O) groups is 2. The Morgan fingerprint density at radius 3 is 2.13 bits per heavy atom. The number of allylic oxidation sites excluding steroid dienone is 2. The summed E-state index contributed by atoms with van der Waals surface area (Å²) in [5.41, 5.74) is 0.00746. The molecule has 0 aromatic heterocycles. The fraction of sp³-hybridized carbons (Fsp3) is 0.273. The summed E-state index contributed by atoms with van der Waals surface area (Å²) in [6.45, 7) is 2.98. The summed E-state index contributed by atoms with van der Waals surface area (Å²) in [5.74, 6) is -10.9. The minimum absolute atomic E-state index is 0.0929. The Hall–Kier alpha value is -3.16. The van der Waals surface area contributed by atoms with Crippen LogP contribution in [0.1, 0.15) is 47.7 Å². The summed E-state index contributed by atoms with van der Waals surface area (Å²) in [6.07, 6.45) is 0.681. The molecule has 0 amide bonds. The summed E-state index contributed by atoms with van der Waals surface area (Å²) in [7, 11) is 0. The van der Waals surface area contributed by atoms with Crippen LogP contribution in [0, 0.1) is 30.2 Å². The van der Waals surface area contributed by atoms with Crippen LogP contribution in [0.15, 0.2) is 30.0 Å². The molecule has 3 rings (SSSR count). The van der Waals surface area contributed by atoms with Gasteiger partial charge in [-0.25, -0.2) is 13.6 Å². The number of ketones is 1. The van der Waals surface area contributed by atoms with Gasteiger partial charge in [-0.1, -0.05) is 29.8 Å². The van der Waals surface area contributed by atoms with Gasteiger partial charge < -0.3 is 9.47 Å². The van der Waals surface area contributed by atoms with E-state index in [1.807, 2.05) is 6.92 Å². The largest absolute Gasteiger partial charge is 0.462 e. The molecule has 0 N–H and O–H groups in total. The number of Topliss-reactive ketones (excluding diaryl/α,β-unsaturated/α-hetero) is 1. The monoisotopic (exact) mass is 422 g/mol. The first-order valence-electron chi connectivity index (χ1n) is 9.30. The molecule has 0 atom stereocenters. The molecule has 2 aromatic rings. The Morgan fingerprint density at radius 2 is 1.57 bits per heavy atom. The molecule has 0 radical (unpaired) electrons. The van der Waals surface area contributed by atoms with Crippen LogP contribution in [0.2, 0.25) is 0 Å². The van der Waals surface area contributed by atoms with Crippen LogP contribution in [-0.4, -0.2) is 18.4 Å². The van der Waals surface area contributed by atoms with E-state index in [0.717, 1.165) is 5.56 Å². The van der Waals surface area contributed by atoms with Gasteiger partial charge >= 0.3 is 5.97 Å². The van der Waals surface area contributed by atoms with Crippen molar-refractivity contribution in [3.63, 3.8) is 0 Å². The van der Waals surface area contributed by atoms with Crippen LogP contribution in [-0.2, 0) is 9.53 Å². The second kappa shape index (κ2) is 8.69. The van der Waals surface area contributed by atoms with Gasteiger partial charge in [-0.3, -0.25) is 4.79 Å². The molecular weight excluding hydrogens is 404 g/mol. The fourth-order valence-electron chi connectivity index (χ4n) is 3.17. The first-order valence-corrected chi connectivity index (χ1v) is 9.30. The van der Waals surface area contributed by atoms with Crippen LogP contribution in [0.4, 0.5) is 17.6 Å². The second-order valence-electron chi connectivity index (χ2n) is 6.72. The molecule has 0 saturated carbocycles. The molecule has 2 aromatic carbocycles. The van der Waals surface area contributed by atoms with E-state index in [1.54, 1.807) is 24.3 Å². The molecule has 1 aliphatic rings. The van der Waals surface area contributed by atoms with Gasteiger partial charge in [0.15, 0.2) is 17.4 Å². The number of esters is 1. The minimum atomic E-state index is -1.93. The number of benzene rings is 2. The maximum atomic E-state index is 14.5. The van der Waals surface area contributed by atoms with E-state index in [-0.39, 0.29) is 36.6 Å². The average Bonchev–Trinajstić information content (AvgIpc) is 2.71. The molecule has 0 bridgehead atoms. The second-order valence-corrected chi connectivity index (χ2v) is 6.72. The van der Waals surface area contributed by atoms with E-state index < -0.39 is 40.6 Å². The number of halogens is 4. The summed E-state index contributed by atoms with van der Waals surface area (Å²) in [6, 6.07) is 6.79. The zero-order valence-electron chi connectivity index (χ0n) is 16.3. The first-order chi connectivity index (χ1) is 14.3. The molecule has 30 heavy (non-hydrogen) atoms. The SMILES string of the molecule is CCOC(=O)c1c(F)c(F)c(OC2=C(c3ccc(C)cc3)C(=O)CCC2)c(F)c1F. The van der Waals surface area contributed by atoms with Gasteiger partial charge in [0.1, 0.15) is 11.3 Å². The van der Waals surface area contributed by atoms with E-state index in [0.29, 0.717) is 12.0 Å². The van der Waals surface area contributed by atoms with Crippen LogP contribution in [0.25, 0.3) is 5.57 Å². The third-order valence-corrected chi connectivity index (χ3v) is 4.63. The Morgan fingerprint density at radius 1 is 0.967 bits per heavy atom. The van der Waals surface area contributed by atoms with Crippen molar-refractivity contribution in [3.8, 4) is 5.75 Å². The van der Waals surface area contributed by atoms with Gasteiger partial charge in [-0.15, -0.1) is 0 Å². The maximum Gasteiger partial charge on any atom is 0.344 e. The van der Waals surface area contributed by atoms with Crippen LogP contribution in [0.5, 0.6) is 5.75 Å². The summed E-state index contributed by atoms with van der Waals surface area (Å²) in [4.78, 5) is 24.1. The Bertz CT molecular complexity index is 1010. The number of carbonyl (C=O) groups excluding carboxylic acids is 2. The van der Waals surface area contributed by atoms with Crippen molar-refractivity contribution in [2.45, 2.75) is 33.1 Å².